The van der Waals surface area contributed by atoms with Crippen molar-refractivity contribution < 1.29 is 14.6 Å². The molecule has 0 saturated heterocycles. The van der Waals surface area contributed by atoms with Gasteiger partial charge < -0.3 is 0 Å². The molecule has 0 amide bonds. The van der Waals surface area contributed by atoms with E-state index in [1.165, 1.54) is 32.1 Å². The first-order valence-corrected chi connectivity index (χ1v) is 7.93. The molecule has 0 aliphatic heterocycles. The molecule has 1 aromatic rings. The molecule has 0 unspecified atom stereocenters. The van der Waals surface area contributed by atoms with Crippen LogP contribution in [-0.2, 0) is 9.78 Å². The number of carbonyl (C=O) groups excluding carboxylic acids is 1. The van der Waals surface area contributed by atoms with E-state index in [-0.39, 0.29) is 0 Å². The third-order valence-corrected chi connectivity index (χ3v) is 3.37. The third kappa shape index (κ3) is 8.51. The van der Waals surface area contributed by atoms with Gasteiger partial charge in [0.1, 0.15) is 0 Å². The van der Waals surface area contributed by atoms with E-state index in [0.717, 1.165) is 24.8 Å². The van der Waals surface area contributed by atoms with Crippen LogP contribution in [0.2, 0.25) is 0 Å². The maximum absolute atomic E-state index is 11.7. The second-order valence-electron chi connectivity index (χ2n) is 5.39. The van der Waals surface area contributed by atoms with Gasteiger partial charge in [0.15, 0.2) is 0 Å². The predicted molar refractivity (Wildman–Crippen MR) is 84.8 cm³/mol. The van der Waals surface area contributed by atoms with Crippen molar-refractivity contribution in [2.75, 3.05) is 6.61 Å². The minimum Gasteiger partial charge on any atom is -0.293 e. The monoisotopic (exact) mass is 291 g/mol. The fourth-order valence-corrected chi connectivity index (χ4v) is 2.14. The summed E-state index contributed by atoms with van der Waals surface area (Å²) in [6.07, 6.45) is 9.38. The van der Waals surface area contributed by atoms with Gasteiger partial charge in [0.25, 0.3) is 0 Å². The van der Waals surface area contributed by atoms with Crippen LogP contribution < -0.4 is 0 Å². The molecule has 0 aliphatic carbocycles. The van der Waals surface area contributed by atoms with Crippen molar-refractivity contribution in [2.24, 2.45) is 0 Å². The van der Waals surface area contributed by atoms with Gasteiger partial charge in [-0.2, -0.15) is 4.89 Å². The van der Waals surface area contributed by atoms with Crippen molar-refractivity contribution in [3.63, 3.8) is 0 Å². The van der Waals surface area contributed by atoms with Crippen LogP contribution in [0, 0.1) is 13.8 Å². The van der Waals surface area contributed by atoms with E-state index < -0.39 is 5.97 Å². The van der Waals surface area contributed by atoms with Gasteiger partial charge in [0.05, 0.1) is 12.2 Å². The molecule has 1 radical (unpaired) electrons. The standard InChI is InChI=1S/C18H27O3/c1-3-4-5-6-7-8-9-10-14-20-21-18(19)17-13-11-12-16(2)15-17/h11-13,15H,1,3-10,14H2,2H3. The summed E-state index contributed by atoms with van der Waals surface area (Å²) in [5.74, 6) is -0.424. The zero-order valence-electron chi connectivity index (χ0n) is 13.1. The van der Waals surface area contributed by atoms with Crippen LogP contribution in [0.1, 0.15) is 67.3 Å². The van der Waals surface area contributed by atoms with Gasteiger partial charge in [-0.15, -0.1) is 0 Å². The van der Waals surface area contributed by atoms with Crippen molar-refractivity contribution in [3.8, 4) is 0 Å². The highest BCUT2D eigenvalue weighted by Crippen LogP contribution is 2.09. The lowest BCUT2D eigenvalue weighted by molar-refractivity contribution is -0.241. The highest BCUT2D eigenvalue weighted by Gasteiger charge is 2.07. The number of rotatable bonds is 11. The maximum Gasteiger partial charge on any atom is 0.373 e. The largest absolute Gasteiger partial charge is 0.373 e. The molecular weight excluding hydrogens is 264 g/mol. The summed E-state index contributed by atoms with van der Waals surface area (Å²) in [5.41, 5.74) is 1.56. The lowest BCUT2D eigenvalue weighted by Gasteiger charge is -2.04. The Morgan fingerprint density at radius 2 is 1.71 bits per heavy atom. The number of hydrogen-bond donors (Lipinski definition) is 0. The molecule has 0 N–H and O–H groups in total. The van der Waals surface area contributed by atoms with Crippen molar-refractivity contribution >= 4 is 5.97 Å². The molecular formula is C18H27O3. The molecule has 21 heavy (non-hydrogen) atoms. The number of benzene rings is 1. The highest BCUT2D eigenvalue weighted by molar-refractivity contribution is 5.89. The topological polar surface area (TPSA) is 35.5 Å². The van der Waals surface area contributed by atoms with Gasteiger partial charge in [-0.3, -0.25) is 4.89 Å². The second-order valence-corrected chi connectivity index (χ2v) is 5.39. The van der Waals surface area contributed by atoms with Crippen molar-refractivity contribution in [2.45, 2.75) is 58.3 Å². The molecule has 3 heteroatoms. The van der Waals surface area contributed by atoms with E-state index in [9.17, 15) is 4.79 Å². The quantitative estimate of drug-likeness (QED) is 0.325. The summed E-state index contributed by atoms with van der Waals surface area (Å²) in [4.78, 5) is 21.5. The van der Waals surface area contributed by atoms with E-state index in [2.05, 4.69) is 6.92 Å². The van der Waals surface area contributed by atoms with Crippen LogP contribution in [-0.4, -0.2) is 12.6 Å². The molecule has 0 aliphatic rings. The molecule has 0 spiro atoms. The molecule has 0 atom stereocenters. The van der Waals surface area contributed by atoms with E-state index in [1.54, 1.807) is 12.1 Å². The summed E-state index contributed by atoms with van der Waals surface area (Å²) in [6, 6.07) is 7.29. The van der Waals surface area contributed by atoms with E-state index in [1.807, 2.05) is 19.1 Å². The number of hydrogen-bond acceptors (Lipinski definition) is 3. The Labute approximate surface area is 128 Å². The predicted octanol–water partition coefficient (Wildman–Crippen LogP) is 5.04. The summed E-state index contributed by atoms with van der Waals surface area (Å²) >= 11 is 0. The van der Waals surface area contributed by atoms with Gasteiger partial charge in [0, 0.05) is 0 Å². The first-order chi connectivity index (χ1) is 10.2. The summed E-state index contributed by atoms with van der Waals surface area (Å²) in [5, 5.41) is 0. The van der Waals surface area contributed by atoms with Crippen LogP contribution in [0.3, 0.4) is 0 Å². The summed E-state index contributed by atoms with van der Waals surface area (Å²) < 4.78 is 0. The average molecular weight is 291 g/mol. The molecule has 1 aromatic carbocycles. The third-order valence-electron chi connectivity index (χ3n) is 3.37. The lowest BCUT2D eigenvalue weighted by Crippen LogP contribution is -2.07. The van der Waals surface area contributed by atoms with Gasteiger partial charge in [-0.05, 0) is 25.5 Å². The van der Waals surface area contributed by atoms with Crippen molar-refractivity contribution in [3.05, 3.63) is 42.3 Å². The Bertz CT molecular complexity index is 401. The maximum atomic E-state index is 11.7. The number of unbranched alkanes of at least 4 members (excludes halogenated alkanes) is 7. The summed E-state index contributed by atoms with van der Waals surface area (Å²) in [7, 11) is 0. The Hall–Kier alpha value is -1.35. The number of carbonyl (C=O) groups is 1. The zero-order valence-corrected chi connectivity index (χ0v) is 13.1. The van der Waals surface area contributed by atoms with Crippen LogP contribution in [0.5, 0.6) is 0 Å². The van der Waals surface area contributed by atoms with E-state index >= 15 is 0 Å². The van der Waals surface area contributed by atoms with Gasteiger partial charge in [-0.25, -0.2) is 4.79 Å². The normalized spacial score (nSPS) is 10.6. The Morgan fingerprint density at radius 3 is 2.38 bits per heavy atom. The molecule has 117 valence electrons. The highest BCUT2D eigenvalue weighted by atomic mass is 17.2. The average Bonchev–Trinajstić information content (AvgIpc) is 2.49. The minimum atomic E-state index is -0.424. The molecule has 0 aromatic heterocycles. The van der Waals surface area contributed by atoms with Gasteiger partial charge >= 0.3 is 5.97 Å². The van der Waals surface area contributed by atoms with Crippen molar-refractivity contribution in [1.29, 1.82) is 0 Å². The minimum absolute atomic E-state index is 0.424. The Balaban J connectivity index is 1.98. The SMILES string of the molecule is [CH2]CCCCCCCCCOOC(=O)c1cccc(C)c1. The smallest absolute Gasteiger partial charge is 0.293 e. The zero-order chi connectivity index (χ0) is 15.3. The lowest BCUT2D eigenvalue weighted by atomic mass is 10.1. The van der Waals surface area contributed by atoms with Gasteiger partial charge in [0.2, 0.25) is 0 Å². The number of aryl methyl sites for hydroxylation is 1. The van der Waals surface area contributed by atoms with Crippen LogP contribution in [0.15, 0.2) is 24.3 Å². The summed E-state index contributed by atoms with van der Waals surface area (Å²) in [6.45, 7) is 6.24. The first kappa shape index (κ1) is 17.7. The van der Waals surface area contributed by atoms with Crippen LogP contribution in [0.4, 0.5) is 0 Å². The van der Waals surface area contributed by atoms with E-state index in [0.29, 0.717) is 12.2 Å². The van der Waals surface area contributed by atoms with Crippen LogP contribution in [0.25, 0.3) is 0 Å². The van der Waals surface area contributed by atoms with Gasteiger partial charge in [-0.1, -0.05) is 69.6 Å². The Kier molecular flexibility index (Phi) is 9.55. The fourth-order valence-electron chi connectivity index (χ4n) is 2.14. The Morgan fingerprint density at radius 1 is 1.05 bits per heavy atom. The molecule has 0 heterocycles. The van der Waals surface area contributed by atoms with Crippen molar-refractivity contribution in [1.82, 2.24) is 0 Å². The second kappa shape index (κ2) is 11.3. The molecule has 3 nitrogen and oxygen atoms in total. The fraction of sp³-hybridized carbons (Fsp3) is 0.556. The molecule has 1 rings (SSSR count). The molecule has 0 bridgehead atoms. The first-order valence-electron chi connectivity index (χ1n) is 7.93. The molecule has 0 fully saturated rings. The van der Waals surface area contributed by atoms with E-state index in [4.69, 9.17) is 9.78 Å². The molecule has 0 saturated carbocycles. The van der Waals surface area contributed by atoms with Crippen LogP contribution >= 0.6 is 0 Å².